The number of nitrogens with zero attached hydrogens (tertiary/aromatic N) is 4. The van der Waals surface area contributed by atoms with Gasteiger partial charge in [0, 0.05) is 36.9 Å². The number of nitriles is 1. The van der Waals surface area contributed by atoms with E-state index in [1.54, 1.807) is 29.2 Å². The second-order valence-corrected chi connectivity index (χ2v) is 6.90. The summed E-state index contributed by atoms with van der Waals surface area (Å²) in [5.74, 6) is 0.569. The smallest absolute Gasteiger partial charge is 0.260 e. The van der Waals surface area contributed by atoms with Crippen LogP contribution >= 0.6 is 11.6 Å². The molecule has 1 fully saturated rings. The molecule has 6 nitrogen and oxygen atoms in total. The fraction of sp³-hybridized carbons (Fsp3) is 0.350. The SMILES string of the molecule is Cc1cc(N2CCN(C(=O)COc3ccc(Cl)cc3)CC2)c(C#N)c(C)n1. The van der Waals surface area contributed by atoms with Crippen molar-refractivity contribution in [3.05, 3.63) is 52.3 Å². The number of aryl methyl sites for hydroxylation is 2. The predicted molar refractivity (Wildman–Crippen MR) is 104 cm³/mol. The molecule has 1 saturated heterocycles. The number of pyridine rings is 1. The van der Waals surface area contributed by atoms with Crippen molar-refractivity contribution in [3.8, 4) is 11.8 Å². The molecule has 0 atom stereocenters. The zero-order valence-electron chi connectivity index (χ0n) is 15.4. The number of rotatable bonds is 4. The average Bonchev–Trinajstić information content (AvgIpc) is 2.67. The predicted octanol–water partition coefficient (Wildman–Crippen LogP) is 2.95. The monoisotopic (exact) mass is 384 g/mol. The van der Waals surface area contributed by atoms with Gasteiger partial charge in [-0.1, -0.05) is 11.6 Å². The summed E-state index contributed by atoms with van der Waals surface area (Å²) in [6.45, 7) is 6.30. The van der Waals surface area contributed by atoms with Crippen molar-refractivity contribution in [2.24, 2.45) is 0 Å². The zero-order valence-corrected chi connectivity index (χ0v) is 16.2. The Labute approximate surface area is 163 Å². The molecule has 1 aromatic heterocycles. The molecule has 0 saturated carbocycles. The number of aromatic nitrogens is 1. The summed E-state index contributed by atoms with van der Waals surface area (Å²) < 4.78 is 5.54. The van der Waals surface area contributed by atoms with Gasteiger partial charge in [0.2, 0.25) is 0 Å². The van der Waals surface area contributed by atoms with E-state index in [2.05, 4.69) is 16.0 Å². The average molecular weight is 385 g/mol. The van der Waals surface area contributed by atoms with Gasteiger partial charge in [0.05, 0.1) is 16.9 Å². The first kappa shape index (κ1) is 19.0. The molecule has 2 heterocycles. The fourth-order valence-electron chi connectivity index (χ4n) is 3.16. The molecule has 0 spiro atoms. The molecule has 1 aliphatic heterocycles. The molecular formula is C20H21ClN4O2. The lowest BCUT2D eigenvalue weighted by molar-refractivity contribution is -0.133. The summed E-state index contributed by atoms with van der Waals surface area (Å²) >= 11 is 5.84. The maximum absolute atomic E-state index is 12.4. The third-order valence-electron chi connectivity index (χ3n) is 4.57. The second kappa shape index (κ2) is 8.28. The Morgan fingerprint density at radius 1 is 1.22 bits per heavy atom. The van der Waals surface area contributed by atoms with E-state index in [0.29, 0.717) is 42.5 Å². The summed E-state index contributed by atoms with van der Waals surface area (Å²) in [5, 5.41) is 10.1. The Balaban J connectivity index is 1.58. The van der Waals surface area contributed by atoms with Crippen LogP contribution in [-0.2, 0) is 4.79 Å². The molecule has 1 amide bonds. The summed E-state index contributed by atoms with van der Waals surface area (Å²) in [4.78, 5) is 20.7. The van der Waals surface area contributed by atoms with Gasteiger partial charge in [-0.05, 0) is 44.2 Å². The van der Waals surface area contributed by atoms with Gasteiger partial charge in [0.1, 0.15) is 11.8 Å². The minimum atomic E-state index is -0.0489. The second-order valence-electron chi connectivity index (χ2n) is 6.47. The molecule has 2 aromatic rings. The van der Waals surface area contributed by atoms with Crippen LogP contribution in [0.4, 0.5) is 5.69 Å². The van der Waals surface area contributed by atoms with E-state index in [4.69, 9.17) is 16.3 Å². The van der Waals surface area contributed by atoms with Crippen molar-refractivity contribution in [1.29, 1.82) is 5.26 Å². The first-order valence-electron chi connectivity index (χ1n) is 8.77. The highest BCUT2D eigenvalue weighted by Crippen LogP contribution is 2.24. The molecule has 0 unspecified atom stereocenters. The number of amides is 1. The van der Waals surface area contributed by atoms with Gasteiger partial charge in [-0.3, -0.25) is 9.78 Å². The van der Waals surface area contributed by atoms with Gasteiger partial charge >= 0.3 is 0 Å². The van der Waals surface area contributed by atoms with Gasteiger partial charge in [0.25, 0.3) is 5.91 Å². The van der Waals surface area contributed by atoms with Gasteiger partial charge in [-0.2, -0.15) is 5.26 Å². The Morgan fingerprint density at radius 2 is 1.89 bits per heavy atom. The molecule has 1 aliphatic rings. The first-order valence-corrected chi connectivity index (χ1v) is 9.15. The number of carbonyl (C=O) groups is 1. The fourth-order valence-corrected chi connectivity index (χ4v) is 3.29. The van der Waals surface area contributed by atoms with E-state index in [1.165, 1.54) is 0 Å². The Bertz CT molecular complexity index is 869. The molecule has 3 rings (SSSR count). The summed E-state index contributed by atoms with van der Waals surface area (Å²) in [6, 6.07) is 11.1. The number of carbonyl (C=O) groups excluding carboxylic acids is 1. The molecule has 7 heteroatoms. The molecule has 140 valence electrons. The highest BCUT2D eigenvalue weighted by molar-refractivity contribution is 6.30. The molecule has 27 heavy (non-hydrogen) atoms. The van der Waals surface area contributed by atoms with Crippen molar-refractivity contribution in [3.63, 3.8) is 0 Å². The largest absolute Gasteiger partial charge is 0.484 e. The van der Waals surface area contributed by atoms with Gasteiger partial charge in [-0.25, -0.2) is 0 Å². The Kier molecular flexibility index (Phi) is 5.82. The maximum atomic E-state index is 12.4. The highest BCUT2D eigenvalue weighted by atomic mass is 35.5. The van der Waals surface area contributed by atoms with E-state index in [0.717, 1.165) is 17.1 Å². The first-order chi connectivity index (χ1) is 13.0. The maximum Gasteiger partial charge on any atom is 0.260 e. The van der Waals surface area contributed by atoms with E-state index in [-0.39, 0.29) is 12.5 Å². The lowest BCUT2D eigenvalue weighted by atomic mass is 10.1. The molecule has 0 radical (unpaired) electrons. The van der Waals surface area contributed by atoms with Crippen LogP contribution in [-0.4, -0.2) is 48.6 Å². The van der Waals surface area contributed by atoms with E-state index < -0.39 is 0 Å². The lowest BCUT2D eigenvalue weighted by Gasteiger charge is -2.36. The number of hydrogen-bond donors (Lipinski definition) is 0. The lowest BCUT2D eigenvalue weighted by Crippen LogP contribution is -2.50. The van der Waals surface area contributed by atoms with Crippen molar-refractivity contribution in [1.82, 2.24) is 9.88 Å². The molecule has 0 aliphatic carbocycles. The van der Waals surface area contributed by atoms with Gasteiger partial charge < -0.3 is 14.5 Å². The van der Waals surface area contributed by atoms with E-state index >= 15 is 0 Å². The van der Waals surface area contributed by atoms with Crippen LogP contribution < -0.4 is 9.64 Å². The molecule has 0 N–H and O–H groups in total. The minimum Gasteiger partial charge on any atom is -0.484 e. The van der Waals surface area contributed by atoms with Crippen molar-refractivity contribution < 1.29 is 9.53 Å². The van der Waals surface area contributed by atoms with Gasteiger partial charge in [-0.15, -0.1) is 0 Å². The van der Waals surface area contributed by atoms with Crippen molar-refractivity contribution in [2.45, 2.75) is 13.8 Å². The van der Waals surface area contributed by atoms with Crippen molar-refractivity contribution in [2.75, 3.05) is 37.7 Å². The van der Waals surface area contributed by atoms with Crippen LogP contribution in [0.25, 0.3) is 0 Å². The number of ether oxygens (including phenoxy) is 1. The number of piperazine rings is 1. The topological polar surface area (TPSA) is 69.5 Å². The third-order valence-corrected chi connectivity index (χ3v) is 4.82. The van der Waals surface area contributed by atoms with Gasteiger partial charge in [0.15, 0.2) is 6.61 Å². The normalized spacial score (nSPS) is 14.0. The third kappa shape index (κ3) is 4.50. The summed E-state index contributed by atoms with van der Waals surface area (Å²) in [6.07, 6.45) is 0. The molecule has 0 bridgehead atoms. The Morgan fingerprint density at radius 3 is 2.52 bits per heavy atom. The van der Waals surface area contributed by atoms with Crippen LogP contribution in [0.5, 0.6) is 5.75 Å². The number of benzene rings is 1. The zero-order chi connectivity index (χ0) is 19.4. The molecular weight excluding hydrogens is 364 g/mol. The van der Waals surface area contributed by atoms with Crippen LogP contribution in [0.1, 0.15) is 17.0 Å². The van der Waals surface area contributed by atoms with E-state index in [1.807, 2.05) is 19.9 Å². The molecule has 1 aromatic carbocycles. The Hall–Kier alpha value is -2.78. The summed E-state index contributed by atoms with van der Waals surface area (Å²) in [7, 11) is 0. The number of hydrogen-bond acceptors (Lipinski definition) is 5. The quantitative estimate of drug-likeness (QED) is 0.810. The summed E-state index contributed by atoms with van der Waals surface area (Å²) in [5.41, 5.74) is 3.12. The minimum absolute atomic E-state index is 0.00144. The van der Waals surface area contributed by atoms with E-state index in [9.17, 15) is 10.1 Å². The number of halogens is 1. The van der Waals surface area contributed by atoms with Crippen molar-refractivity contribution >= 4 is 23.2 Å². The van der Waals surface area contributed by atoms with Crippen LogP contribution in [0.3, 0.4) is 0 Å². The van der Waals surface area contributed by atoms with Crippen LogP contribution in [0, 0.1) is 25.2 Å². The van der Waals surface area contributed by atoms with Crippen LogP contribution in [0.15, 0.2) is 30.3 Å². The van der Waals surface area contributed by atoms with Crippen LogP contribution in [0.2, 0.25) is 5.02 Å². The highest BCUT2D eigenvalue weighted by Gasteiger charge is 2.24. The number of anilines is 1. The standard InChI is InChI=1S/C20H21ClN4O2/c1-14-11-19(18(12-22)15(2)23-14)24-7-9-25(10-8-24)20(26)13-27-17-5-3-16(21)4-6-17/h3-6,11H,7-10,13H2,1-2H3.